The van der Waals surface area contributed by atoms with Crippen LogP contribution in [0.4, 0.5) is 34.9 Å². The fourth-order valence-electron chi connectivity index (χ4n) is 12.1. The summed E-state index contributed by atoms with van der Waals surface area (Å²) in [5.41, 5.74) is 12.9. The first-order chi connectivity index (χ1) is 51.1. The van der Waals surface area contributed by atoms with Gasteiger partial charge in [-0.1, -0.05) is 59.1 Å². The van der Waals surface area contributed by atoms with E-state index >= 15 is 0 Å². The number of aromatic amines is 3. The molecule has 31 heteroatoms. The molecular weight excluding hydrogens is 1420 g/mol. The van der Waals surface area contributed by atoms with E-state index in [1.165, 1.54) is 7.11 Å². The van der Waals surface area contributed by atoms with E-state index in [0.29, 0.717) is 149 Å². The van der Waals surface area contributed by atoms with Crippen molar-refractivity contribution < 1.29 is 47.3 Å². The van der Waals surface area contributed by atoms with E-state index in [0.717, 1.165) is 55.2 Å². The Morgan fingerprint density at radius 1 is 0.462 bits per heavy atom. The normalized spacial score (nSPS) is 14.0. The van der Waals surface area contributed by atoms with Gasteiger partial charge in [0.2, 0.25) is 35.5 Å². The molecule has 0 bridgehead atoms. The van der Waals surface area contributed by atoms with Crippen molar-refractivity contribution in [1.29, 1.82) is 0 Å². The number of halogens is 3. The average molecular weight is 1490 g/mol. The summed E-state index contributed by atoms with van der Waals surface area (Å²) in [6.07, 6.45) is 8.12. The molecule has 0 spiro atoms. The SMILES string of the molecule is CNC(=O)c1ccc(-c2c[nH]c3nc(Nc4ccc(C(=O)NC)cc4Cl)nc(OC)c23)cc1.CNC(=O)c1ccc(Nc2nc(OC)c3c(-c4ccc5nc(C)oc5c4)c[nH]c3n2)c(Cl)c1.CNC(=O)c1ccc(Nc2nc(OC3CCC(C)(O)CC3)c3c(-c4ccc5nc(C)oc5c4)c[nH]c3n2)c(Cl)c1. The largest absolute Gasteiger partial charge is 0.480 e. The Bertz CT molecular complexity index is 5710. The molecule has 0 aliphatic heterocycles. The van der Waals surface area contributed by atoms with Gasteiger partial charge in [-0.3, -0.25) is 19.2 Å². The first-order valence-electron chi connectivity index (χ1n) is 33.2. The van der Waals surface area contributed by atoms with E-state index in [9.17, 15) is 24.3 Å². The summed E-state index contributed by atoms with van der Waals surface area (Å²) >= 11 is 19.2. The Morgan fingerprint density at radius 3 is 1.17 bits per heavy atom. The van der Waals surface area contributed by atoms with Gasteiger partial charge in [0.25, 0.3) is 23.6 Å². The van der Waals surface area contributed by atoms with E-state index in [1.807, 2.05) is 87.9 Å². The molecule has 4 amide bonds. The summed E-state index contributed by atoms with van der Waals surface area (Å²) in [5.74, 6) is 2.41. The van der Waals surface area contributed by atoms with Crippen molar-refractivity contribution in [2.45, 2.75) is 58.2 Å². The quantitative estimate of drug-likeness (QED) is 0.0403. The number of anilines is 6. The van der Waals surface area contributed by atoms with E-state index in [4.69, 9.17) is 67.8 Å². The lowest BCUT2D eigenvalue weighted by molar-refractivity contribution is -0.0114. The van der Waals surface area contributed by atoms with Crippen LogP contribution in [0.2, 0.25) is 15.1 Å². The number of H-pyrrole nitrogens is 3. The smallest absolute Gasteiger partial charge is 0.251 e. The third-order valence-electron chi connectivity index (χ3n) is 17.6. The molecule has 28 nitrogen and oxygen atoms in total. The molecule has 14 aromatic rings. The number of fused-ring (bicyclic) bond motifs is 5. The molecule has 1 aliphatic carbocycles. The fourth-order valence-corrected chi connectivity index (χ4v) is 12.8. The summed E-state index contributed by atoms with van der Waals surface area (Å²) < 4.78 is 29.1. The lowest BCUT2D eigenvalue weighted by Crippen LogP contribution is -2.35. The highest BCUT2D eigenvalue weighted by Gasteiger charge is 2.31. The Kier molecular flexibility index (Phi) is 20.7. The van der Waals surface area contributed by atoms with Gasteiger partial charge in [-0.05, 0) is 140 Å². The number of carbonyl (C=O) groups is 4. The van der Waals surface area contributed by atoms with Gasteiger partial charge < -0.3 is 80.3 Å². The van der Waals surface area contributed by atoms with Crippen molar-refractivity contribution in [3.8, 4) is 51.0 Å². The van der Waals surface area contributed by atoms with Gasteiger partial charge in [-0.15, -0.1) is 0 Å². The van der Waals surface area contributed by atoms with E-state index in [-0.39, 0.29) is 41.6 Å². The zero-order valence-corrected chi connectivity index (χ0v) is 60.7. The van der Waals surface area contributed by atoms with Crippen LogP contribution < -0.4 is 51.4 Å². The van der Waals surface area contributed by atoms with Crippen LogP contribution in [0.5, 0.6) is 17.6 Å². The van der Waals surface area contributed by atoms with Crippen LogP contribution in [0.3, 0.4) is 0 Å². The highest BCUT2D eigenvalue weighted by molar-refractivity contribution is 6.34. The maximum Gasteiger partial charge on any atom is 0.251 e. The number of ether oxygens (including phenoxy) is 3. The lowest BCUT2D eigenvalue weighted by Gasteiger charge is -2.33. The minimum Gasteiger partial charge on any atom is -0.480 e. The number of nitrogens with one attached hydrogen (secondary N) is 10. The number of hydrogen-bond acceptors (Lipinski definition) is 21. The second-order valence-electron chi connectivity index (χ2n) is 24.7. The number of nitrogens with zero attached hydrogens (tertiary/aromatic N) is 8. The van der Waals surface area contributed by atoms with Crippen LogP contribution in [0.25, 0.3) is 88.7 Å². The van der Waals surface area contributed by atoms with Gasteiger partial charge in [0, 0.05) is 99.6 Å². The summed E-state index contributed by atoms with van der Waals surface area (Å²) in [5, 5.41) is 33.3. The molecule has 1 aliphatic rings. The molecule has 1 saturated carbocycles. The number of methoxy groups -OCH3 is 2. The zero-order valence-electron chi connectivity index (χ0n) is 58.4. The van der Waals surface area contributed by atoms with Crippen molar-refractivity contribution in [3.63, 3.8) is 0 Å². The van der Waals surface area contributed by atoms with Crippen molar-refractivity contribution in [1.82, 2.24) is 76.1 Å². The molecule has 0 unspecified atom stereocenters. The van der Waals surface area contributed by atoms with Crippen molar-refractivity contribution in [2.24, 2.45) is 0 Å². The van der Waals surface area contributed by atoms with Crippen molar-refractivity contribution in [3.05, 3.63) is 183 Å². The minimum atomic E-state index is -0.685. The molecule has 540 valence electrons. The number of aromatic nitrogens is 11. The van der Waals surface area contributed by atoms with E-state index in [1.54, 1.807) is 102 Å². The van der Waals surface area contributed by atoms with Crippen LogP contribution in [-0.4, -0.2) is 138 Å². The van der Waals surface area contributed by atoms with Crippen LogP contribution in [0.15, 0.2) is 143 Å². The molecule has 8 heterocycles. The standard InChI is InChI=1S/C29H29ClN6O4.C23H19ClN6O3.C23H21ClN6O3/c1-15-33-22-7-4-16(13-23(22)39-15)19-14-32-25-24(19)27(40-18-8-10-29(2,38)11-9-18)36-28(35-25)34-21-6-5-17(12-20(21)30)26(37)31-3;1-11-27-17-7-4-12(9-18(17)33-11)14-10-26-20-19(14)22(32-3)30-23(29-20)28-16-6-5-13(8-15(16)24)21(31)25-2;1-25-20(31)13-6-4-12(5-7-13)15-11-27-19-18(15)22(33-3)30-23(29-19)28-17-9-8-14(10-16(17)24)21(32)26-2/h4-7,12-14,18,38H,8-11H2,1-3H3,(H,31,37)(H2,32,34,35,36);4-10H,1-3H3,(H,25,31)(H2,26,28,29,30);4-11H,1-3H3,(H,25,31)(H,26,32)(H2,27,28,29,30). The van der Waals surface area contributed by atoms with Crippen LogP contribution in [-0.2, 0) is 0 Å². The monoisotopic (exact) mass is 1490 g/mol. The molecule has 106 heavy (non-hydrogen) atoms. The molecule has 15 rings (SSSR count). The van der Waals surface area contributed by atoms with Gasteiger partial charge >= 0.3 is 0 Å². The van der Waals surface area contributed by atoms with Gasteiger partial charge in [0.05, 0.1) is 68.1 Å². The Labute approximate surface area is 619 Å². The maximum absolute atomic E-state index is 12.0. The third kappa shape index (κ3) is 15.3. The summed E-state index contributed by atoms with van der Waals surface area (Å²) in [6.45, 7) is 5.49. The summed E-state index contributed by atoms with van der Waals surface area (Å²) in [6, 6.07) is 33.7. The first kappa shape index (κ1) is 72.0. The third-order valence-corrected chi connectivity index (χ3v) is 18.5. The number of amides is 4. The van der Waals surface area contributed by atoms with Gasteiger partial charge in [0.15, 0.2) is 22.9 Å². The number of aliphatic hydroxyl groups is 1. The highest BCUT2D eigenvalue weighted by atomic mass is 35.5. The molecule has 6 aromatic carbocycles. The van der Waals surface area contributed by atoms with Gasteiger partial charge in [-0.25, -0.2) is 9.97 Å². The summed E-state index contributed by atoms with van der Waals surface area (Å²) in [4.78, 5) is 93.3. The predicted octanol–water partition coefficient (Wildman–Crippen LogP) is 14.5. The zero-order chi connectivity index (χ0) is 74.7. The van der Waals surface area contributed by atoms with Crippen LogP contribution >= 0.6 is 34.8 Å². The Morgan fingerprint density at radius 2 is 0.802 bits per heavy atom. The molecule has 11 N–H and O–H groups in total. The lowest BCUT2D eigenvalue weighted by atomic mass is 9.85. The second-order valence-corrected chi connectivity index (χ2v) is 26.0. The van der Waals surface area contributed by atoms with Gasteiger partial charge in [0.1, 0.15) is 34.1 Å². The van der Waals surface area contributed by atoms with Crippen molar-refractivity contribution in [2.75, 3.05) is 58.4 Å². The number of aryl methyl sites for hydroxylation is 2. The van der Waals surface area contributed by atoms with E-state index < -0.39 is 5.60 Å². The first-order valence-corrected chi connectivity index (χ1v) is 34.3. The van der Waals surface area contributed by atoms with Crippen LogP contribution in [0.1, 0.15) is 85.8 Å². The number of carbonyl (C=O) groups excluding carboxylic acids is 4. The topological polar surface area (TPSA) is 377 Å². The van der Waals surface area contributed by atoms with Gasteiger partial charge in [-0.2, -0.15) is 29.9 Å². The average Bonchev–Trinajstić information content (AvgIpc) is 1.55. The Balaban J connectivity index is 0.000000142. The van der Waals surface area contributed by atoms with E-state index in [2.05, 4.69) is 82.1 Å². The molecule has 8 aromatic heterocycles. The predicted molar refractivity (Wildman–Crippen MR) is 407 cm³/mol. The number of hydrogen-bond donors (Lipinski definition) is 11. The number of rotatable bonds is 17. The molecule has 0 atom stereocenters. The maximum atomic E-state index is 12.0. The Hall–Kier alpha value is -12.4. The second kappa shape index (κ2) is 30.5. The molecule has 0 radical (unpaired) electrons. The fraction of sp³-hybridized carbons (Fsp3) is 0.200. The minimum absolute atomic E-state index is 0.108. The van der Waals surface area contributed by atoms with Crippen molar-refractivity contribution >= 4 is 149 Å². The molecule has 0 saturated heterocycles. The highest BCUT2D eigenvalue weighted by Crippen LogP contribution is 2.42. The van der Waals surface area contributed by atoms with Crippen LogP contribution in [0, 0.1) is 13.8 Å². The molecule has 1 fully saturated rings. The summed E-state index contributed by atoms with van der Waals surface area (Å²) in [7, 11) is 9.35. The molecular formula is C75H69Cl3N18O10. The number of oxazole rings is 2. The number of benzene rings is 6.